The minimum Gasteiger partial charge on any atom is -0.480 e. The number of hydrogen-bond donors (Lipinski definition) is 3. The van der Waals surface area contributed by atoms with Crippen LogP contribution >= 0.6 is 0 Å². The van der Waals surface area contributed by atoms with E-state index >= 15 is 0 Å². The SMILES string of the molecule is CCS(=O)(=O)NCC(=O)NCC(=O)O. The summed E-state index contributed by atoms with van der Waals surface area (Å²) in [4.78, 5) is 20.8. The summed E-state index contributed by atoms with van der Waals surface area (Å²) in [6, 6.07) is 0. The quantitative estimate of drug-likeness (QED) is 0.489. The largest absolute Gasteiger partial charge is 0.480 e. The van der Waals surface area contributed by atoms with E-state index in [1.165, 1.54) is 6.92 Å². The molecule has 0 atom stereocenters. The molecule has 0 aromatic heterocycles. The van der Waals surface area contributed by atoms with Crippen LogP contribution in [0.4, 0.5) is 0 Å². The topological polar surface area (TPSA) is 113 Å². The Morgan fingerprint density at radius 2 is 1.86 bits per heavy atom. The number of nitrogens with one attached hydrogen (secondary N) is 2. The van der Waals surface area contributed by atoms with E-state index < -0.39 is 35.0 Å². The molecular weight excluding hydrogens is 212 g/mol. The van der Waals surface area contributed by atoms with Crippen molar-refractivity contribution in [3.8, 4) is 0 Å². The number of hydrogen-bond acceptors (Lipinski definition) is 4. The molecule has 82 valence electrons. The molecule has 0 heterocycles. The van der Waals surface area contributed by atoms with Gasteiger partial charge in [-0.1, -0.05) is 0 Å². The Bertz CT molecular complexity index is 310. The van der Waals surface area contributed by atoms with Gasteiger partial charge in [-0.2, -0.15) is 0 Å². The first-order valence-electron chi connectivity index (χ1n) is 3.83. The van der Waals surface area contributed by atoms with Crippen molar-refractivity contribution in [1.82, 2.24) is 10.0 Å². The van der Waals surface area contributed by atoms with Gasteiger partial charge in [0.1, 0.15) is 6.54 Å². The molecule has 0 aliphatic rings. The van der Waals surface area contributed by atoms with E-state index in [1.54, 1.807) is 0 Å². The van der Waals surface area contributed by atoms with E-state index in [0.717, 1.165) is 0 Å². The van der Waals surface area contributed by atoms with E-state index in [-0.39, 0.29) is 5.75 Å². The Labute approximate surface area is 81.5 Å². The van der Waals surface area contributed by atoms with Crippen molar-refractivity contribution in [2.45, 2.75) is 6.92 Å². The fourth-order valence-corrected chi connectivity index (χ4v) is 1.07. The first-order chi connectivity index (χ1) is 6.37. The van der Waals surface area contributed by atoms with Gasteiger partial charge in [-0.05, 0) is 6.92 Å². The van der Waals surface area contributed by atoms with Crippen LogP contribution in [0, 0.1) is 0 Å². The monoisotopic (exact) mass is 224 g/mol. The van der Waals surface area contributed by atoms with Crippen LogP contribution in [0.5, 0.6) is 0 Å². The average Bonchev–Trinajstić information content (AvgIpc) is 2.11. The number of aliphatic carboxylic acids is 1. The lowest BCUT2D eigenvalue weighted by molar-refractivity contribution is -0.137. The van der Waals surface area contributed by atoms with Gasteiger partial charge in [0, 0.05) is 0 Å². The number of sulfonamides is 1. The van der Waals surface area contributed by atoms with Gasteiger partial charge in [-0.15, -0.1) is 0 Å². The summed E-state index contributed by atoms with van der Waals surface area (Å²) < 4.78 is 23.7. The molecule has 0 saturated heterocycles. The first kappa shape index (κ1) is 12.8. The highest BCUT2D eigenvalue weighted by molar-refractivity contribution is 7.89. The van der Waals surface area contributed by atoms with Crippen molar-refractivity contribution in [3.63, 3.8) is 0 Å². The molecule has 8 heteroatoms. The second-order valence-corrected chi connectivity index (χ2v) is 4.49. The van der Waals surface area contributed by atoms with Crippen LogP contribution in [-0.4, -0.2) is 44.2 Å². The third-order valence-corrected chi connectivity index (χ3v) is 2.61. The van der Waals surface area contributed by atoms with E-state index in [0.29, 0.717) is 0 Å². The molecule has 7 nitrogen and oxygen atoms in total. The number of rotatable bonds is 6. The fourth-order valence-electron chi connectivity index (χ4n) is 0.514. The molecule has 1 amide bonds. The zero-order valence-electron chi connectivity index (χ0n) is 7.61. The molecule has 0 saturated carbocycles. The molecule has 0 spiro atoms. The van der Waals surface area contributed by atoms with Crippen LogP contribution < -0.4 is 10.0 Å². The Morgan fingerprint density at radius 3 is 2.29 bits per heavy atom. The molecule has 0 radical (unpaired) electrons. The molecule has 14 heavy (non-hydrogen) atoms. The second kappa shape index (κ2) is 5.55. The van der Waals surface area contributed by atoms with Crippen LogP contribution in [0.3, 0.4) is 0 Å². The van der Waals surface area contributed by atoms with Crippen LogP contribution in [0.25, 0.3) is 0 Å². The van der Waals surface area contributed by atoms with Gasteiger partial charge in [0.05, 0.1) is 12.3 Å². The molecule has 0 aromatic rings. The highest BCUT2D eigenvalue weighted by atomic mass is 32.2. The van der Waals surface area contributed by atoms with Gasteiger partial charge in [0.25, 0.3) is 0 Å². The van der Waals surface area contributed by atoms with Crippen LogP contribution in [-0.2, 0) is 19.6 Å². The average molecular weight is 224 g/mol. The standard InChI is InChI=1S/C6H12N2O5S/c1-2-14(12,13)8-3-5(9)7-4-6(10)11/h8H,2-4H2,1H3,(H,7,9)(H,10,11). The summed E-state index contributed by atoms with van der Waals surface area (Å²) in [5.74, 6) is -1.99. The highest BCUT2D eigenvalue weighted by Gasteiger charge is 2.09. The molecule has 0 fully saturated rings. The van der Waals surface area contributed by atoms with Crippen molar-refractivity contribution in [2.24, 2.45) is 0 Å². The normalized spacial score (nSPS) is 10.9. The summed E-state index contributed by atoms with van der Waals surface area (Å²) in [7, 11) is -3.41. The molecule has 0 aliphatic heterocycles. The summed E-state index contributed by atoms with van der Waals surface area (Å²) in [6.07, 6.45) is 0. The van der Waals surface area contributed by atoms with Gasteiger partial charge in [0.15, 0.2) is 0 Å². The number of carbonyl (C=O) groups excluding carboxylic acids is 1. The van der Waals surface area contributed by atoms with E-state index in [1.807, 2.05) is 10.0 Å². The highest BCUT2D eigenvalue weighted by Crippen LogP contribution is 1.80. The lowest BCUT2D eigenvalue weighted by atomic mass is 10.5. The lowest BCUT2D eigenvalue weighted by Crippen LogP contribution is -2.39. The van der Waals surface area contributed by atoms with Crippen molar-refractivity contribution < 1.29 is 23.1 Å². The Balaban J connectivity index is 3.81. The van der Waals surface area contributed by atoms with E-state index in [9.17, 15) is 18.0 Å². The zero-order chi connectivity index (χ0) is 11.2. The smallest absolute Gasteiger partial charge is 0.322 e. The van der Waals surface area contributed by atoms with Gasteiger partial charge in [-0.25, -0.2) is 13.1 Å². The van der Waals surface area contributed by atoms with Crippen molar-refractivity contribution >= 4 is 21.9 Å². The number of carboxylic acids is 1. The van der Waals surface area contributed by atoms with Gasteiger partial charge in [-0.3, -0.25) is 9.59 Å². The van der Waals surface area contributed by atoms with Crippen molar-refractivity contribution in [3.05, 3.63) is 0 Å². The van der Waals surface area contributed by atoms with E-state index in [4.69, 9.17) is 5.11 Å². The lowest BCUT2D eigenvalue weighted by Gasteiger charge is -2.03. The van der Waals surface area contributed by atoms with Gasteiger partial charge >= 0.3 is 5.97 Å². The number of carboxylic acid groups (broad SMARTS) is 1. The van der Waals surface area contributed by atoms with Crippen molar-refractivity contribution in [1.29, 1.82) is 0 Å². The second-order valence-electron chi connectivity index (χ2n) is 2.40. The summed E-state index contributed by atoms with van der Waals surface area (Å²) in [6.45, 7) is 0.466. The van der Waals surface area contributed by atoms with Crippen molar-refractivity contribution in [2.75, 3.05) is 18.8 Å². The van der Waals surface area contributed by atoms with Crippen LogP contribution in [0.1, 0.15) is 6.92 Å². The fraction of sp³-hybridized carbons (Fsp3) is 0.667. The van der Waals surface area contributed by atoms with Gasteiger partial charge < -0.3 is 10.4 Å². The summed E-state index contributed by atoms with van der Waals surface area (Å²) >= 11 is 0. The Hall–Kier alpha value is -1.15. The first-order valence-corrected chi connectivity index (χ1v) is 5.48. The zero-order valence-corrected chi connectivity index (χ0v) is 8.43. The molecule has 0 bridgehead atoms. The molecule has 0 aromatic carbocycles. The predicted molar refractivity (Wildman–Crippen MR) is 48.1 cm³/mol. The molecule has 3 N–H and O–H groups in total. The maximum Gasteiger partial charge on any atom is 0.322 e. The van der Waals surface area contributed by atoms with Gasteiger partial charge in [0.2, 0.25) is 15.9 Å². The molecule has 0 rings (SSSR count). The maximum absolute atomic E-state index is 10.8. The molecule has 0 aliphatic carbocycles. The van der Waals surface area contributed by atoms with E-state index in [2.05, 4.69) is 0 Å². The Morgan fingerprint density at radius 1 is 1.29 bits per heavy atom. The molecule has 0 unspecified atom stereocenters. The third kappa shape index (κ3) is 6.38. The predicted octanol–water partition coefficient (Wildman–Crippen LogP) is -1.87. The molecular formula is C6H12N2O5S. The summed E-state index contributed by atoms with van der Waals surface area (Å²) in [5, 5.41) is 10.2. The minimum atomic E-state index is -3.41. The maximum atomic E-state index is 10.8. The van der Waals surface area contributed by atoms with Crippen LogP contribution in [0.15, 0.2) is 0 Å². The summed E-state index contributed by atoms with van der Waals surface area (Å²) in [5.41, 5.74) is 0. The third-order valence-electron chi connectivity index (χ3n) is 1.27. The number of carbonyl (C=O) groups is 2. The minimum absolute atomic E-state index is 0.126. The number of amides is 1. The van der Waals surface area contributed by atoms with Crippen LogP contribution in [0.2, 0.25) is 0 Å². The Kier molecular flexibility index (Phi) is 5.10.